The van der Waals surface area contributed by atoms with Crippen molar-refractivity contribution in [3.8, 4) is 0 Å². The van der Waals surface area contributed by atoms with Crippen molar-refractivity contribution in [1.82, 2.24) is 20.4 Å². The first kappa shape index (κ1) is 17.0. The van der Waals surface area contributed by atoms with Gasteiger partial charge in [0, 0.05) is 31.2 Å². The largest absolute Gasteiger partial charge is 0.378 e. The Kier molecular flexibility index (Phi) is 4.83. The second-order valence-electron chi connectivity index (χ2n) is 6.85. The Bertz CT molecular complexity index is 791. The molecule has 2 amide bonds. The molecule has 2 aliphatic rings. The number of carbonyl (C=O) groups excluding carboxylic acids is 2. The third kappa shape index (κ3) is 3.41. The Labute approximate surface area is 150 Å². The lowest BCUT2D eigenvalue weighted by Crippen LogP contribution is -2.46. The molecule has 8 heteroatoms. The lowest BCUT2D eigenvalue weighted by molar-refractivity contribution is -0.140. The Morgan fingerprint density at radius 1 is 1.15 bits per heavy atom. The first-order valence-corrected chi connectivity index (χ1v) is 9.10. The number of carbonyl (C=O) groups is 2. The SMILES string of the molecule is O=C(NC1CCC(C(=O)N2CCOCC2)CC1)c1onc2ncccc12. The van der Waals surface area contributed by atoms with E-state index in [2.05, 4.69) is 15.5 Å². The van der Waals surface area contributed by atoms with Gasteiger partial charge in [-0.05, 0) is 37.8 Å². The van der Waals surface area contributed by atoms with Crippen molar-refractivity contribution >= 4 is 22.8 Å². The van der Waals surface area contributed by atoms with Crippen LogP contribution in [0, 0.1) is 5.92 Å². The Morgan fingerprint density at radius 3 is 2.69 bits per heavy atom. The number of fused-ring (bicyclic) bond motifs is 1. The van der Waals surface area contributed by atoms with Crippen molar-refractivity contribution in [2.75, 3.05) is 26.3 Å². The molecule has 0 atom stereocenters. The van der Waals surface area contributed by atoms with Crippen LogP contribution in [0.25, 0.3) is 11.0 Å². The van der Waals surface area contributed by atoms with Gasteiger partial charge in [0.05, 0.1) is 18.6 Å². The number of aromatic nitrogens is 2. The number of amides is 2. The van der Waals surface area contributed by atoms with E-state index >= 15 is 0 Å². The topological polar surface area (TPSA) is 97.6 Å². The highest BCUT2D eigenvalue weighted by molar-refractivity contribution is 6.02. The predicted molar refractivity (Wildman–Crippen MR) is 92.4 cm³/mol. The number of nitrogens with zero attached hydrogens (tertiary/aromatic N) is 3. The van der Waals surface area contributed by atoms with Crippen LogP contribution in [0.1, 0.15) is 36.2 Å². The number of morpholine rings is 1. The molecule has 3 heterocycles. The van der Waals surface area contributed by atoms with Gasteiger partial charge in [-0.1, -0.05) is 5.16 Å². The highest BCUT2D eigenvalue weighted by Crippen LogP contribution is 2.27. The summed E-state index contributed by atoms with van der Waals surface area (Å²) in [6.07, 6.45) is 4.77. The van der Waals surface area contributed by atoms with E-state index in [1.165, 1.54) is 0 Å². The number of ether oxygens (including phenoxy) is 1. The van der Waals surface area contributed by atoms with Crippen molar-refractivity contribution in [2.45, 2.75) is 31.7 Å². The number of hydrogen-bond donors (Lipinski definition) is 1. The molecule has 2 aromatic heterocycles. The van der Waals surface area contributed by atoms with Gasteiger partial charge in [0.25, 0.3) is 5.91 Å². The summed E-state index contributed by atoms with van der Waals surface area (Å²) < 4.78 is 10.5. The maximum atomic E-state index is 12.6. The summed E-state index contributed by atoms with van der Waals surface area (Å²) in [5.41, 5.74) is 0.428. The molecule has 1 saturated carbocycles. The molecule has 1 aliphatic heterocycles. The normalized spacial score (nSPS) is 23.8. The lowest BCUT2D eigenvalue weighted by Gasteiger charge is -2.34. The molecular weight excluding hydrogens is 336 g/mol. The van der Waals surface area contributed by atoms with E-state index in [9.17, 15) is 9.59 Å². The summed E-state index contributed by atoms with van der Waals surface area (Å²) in [5, 5.41) is 7.43. The molecule has 0 spiro atoms. The first-order valence-electron chi connectivity index (χ1n) is 9.10. The summed E-state index contributed by atoms with van der Waals surface area (Å²) in [7, 11) is 0. The van der Waals surface area contributed by atoms with Crippen LogP contribution in [0.3, 0.4) is 0 Å². The van der Waals surface area contributed by atoms with Crippen molar-refractivity contribution < 1.29 is 18.8 Å². The van der Waals surface area contributed by atoms with Crippen LogP contribution in [0.15, 0.2) is 22.9 Å². The molecule has 8 nitrogen and oxygen atoms in total. The van der Waals surface area contributed by atoms with Gasteiger partial charge < -0.3 is 19.5 Å². The standard InChI is InChI=1S/C18H22N4O4/c23-17(15-14-2-1-7-19-16(14)21-26-15)20-13-5-3-12(4-6-13)18(24)22-8-10-25-11-9-22/h1-2,7,12-13H,3-6,8-11H2,(H,20,23). The highest BCUT2D eigenvalue weighted by Gasteiger charge is 2.31. The van der Waals surface area contributed by atoms with Crippen LogP contribution in [-0.4, -0.2) is 59.2 Å². The number of rotatable bonds is 3. The van der Waals surface area contributed by atoms with E-state index in [-0.39, 0.29) is 29.5 Å². The van der Waals surface area contributed by atoms with Crippen LogP contribution >= 0.6 is 0 Å². The van der Waals surface area contributed by atoms with Gasteiger partial charge in [-0.3, -0.25) is 9.59 Å². The van der Waals surface area contributed by atoms with Crippen molar-refractivity contribution in [1.29, 1.82) is 0 Å². The van der Waals surface area contributed by atoms with Gasteiger partial charge >= 0.3 is 0 Å². The Morgan fingerprint density at radius 2 is 1.92 bits per heavy atom. The van der Waals surface area contributed by atoms with Gasteiger partial charge in [0.1, 0.15) is 0 Å². The molecule has 1 aliphatic carbocycles. The smallest absolute Gasteiger partial charge is 0.290 e. The molecule has 1 N–H and O–H groups in total. The van der Waals surface area contributed by atoms with Gasteiger partial charge in [0.2, 0.25) is 17.3 Å². The molecule has 0 bridgehead atoms. The molecule has 0 aromatic carbocycles. The van der Waals surface area contributed by atoms with Gasteiger partial charge in [-0.15, -0.1) is 0 Å². The van der Waals surface area contributed by atoms with Crippen LogP contribution < -0.4 is 5.32 Å². The van der Waals surface area contributed by atoms with Crippen molar-refractivity contribution in [2.24, 2.45) is 5.92 Å². The fraction of sp³-hybridized carbons (Fsp3) is 0.556. The maximum Gasteiger partial charge on any atom is 0.290 e. The summed E-state index contributed by atoms with van der Waals surface area (Å²) >= 11 is 0. The fourth-order valence-electron chi connectivity index (χ4n) is 3.73. The second-order valence-corrected chi connectivity index (χ2v) is 6.85. The molecule has 2 aromatic rings. The average molecular weight is 358 g/mol. The number of pyridine rings is 1. The predicted octanol–water partition coefficient (Wildman–Crippen LogP) is 1.37. The molecule has 4 rings (SSSR count). The molecule has 26 heavy (non-hydrogen) atoms. The van der Waals surface area contributed by atoms with Crippen LogP contribution in [-0.2, 0) is 9.53 Å². The third-order valence-corrected chi connectivity index (χ3v) is 5.20. The van der Waals surface area contributed by atoms with E-state index in [1.807, 2.05) is 4.90 Å². The zero-order valence-electron chi connectivity index (χ0n) is 14.5. The minimum absolute atomic E-state index is 0.0491. The third-order valence-electron chi connectivity index (χ3n) is 5.20. The summed E-state index contributed by atoms with van der Waals surface area (Å²) in [5.74, 6) is 0.199. The zero-order chi connectivity index (χ0) is 17.9. The van der Waals surface area contributed by atoms with Crippen LogP contribution in [0.2, 0.25) is 0 Å². The Balaban J connectivity index is 1.32. The maximum absolute atomic E-state index is 12.6. The van der Waals surface area contributed by atoms with E-state index < -0.39 is 0 Å². The van der Waals surface area contributed by atoms with E-state index in [4.69, 9.17) is 9.26 Å². The van der Waals surface area contributed by atoms with E-state index in [0.717, 1.165) is 25.7 Å². The monoisotopic (exact) mass is 358 g/mol. The summed E-state index contributed by atoms with van der Waals surface area (Å²) in [4.78, 5) is 31.0. The lowest BCUT2D eigenvalue weighted by atomic mass is 9.85. The first-order chi connectivity index (χ1) is 12.7. The van der Waals surface area contributed by atoms with Crippen LogP contribution in [0.4, 0.5) is 0 Å². The van der Waals surface area contributed by atoms with Crippen molar-refractivity contribution in [3.63, 3.8) is 0 Å². The molecule has 1 saturated heterocycles. The van der Waals surface area contributed by atoms with Crippen LogP contribution in [0.5, 0.6) is 0 Å². The van der Waals surface area contributed by atoms with E-state index in [1.54, 1.807) is 18.3 Å². The minimum atomic E-state index is -0.275. The minimum Gasteiger partial charge on any atom is -0.378 e. The second kappa shape index (κ2) is 7.41. The van der Waals surface area contributed by atoms with E-state index in [0.29, 0.717) is 37.3 Å². The van der Waals surface area contributed by atoms with Gasteiger partial charge in [-0.2, -0.15) is 0 Å². The van der Waals surface area contributed by atoms with Gasteiger partial charge in [-0.25, -0.2) is 4.98 Å². The number of nitrogens with one attached hydrogen (secondary N) is 1. The molecular formula is C18H22N4O4. The molecule has 0 radical (unpaired) electrons. The van der Waals surface area contributed by atoms with Crippen molar-refractivity contribution in [3.05, 3.63) is 24.1 Å². The zero-order valence-corrected chi connectivity index (χ0v) is 14.5. The quantitative estimate of drug-likeness (QED) is 0.890. The summed E-state index contributed by atoms with van der Waals surface area (Å²) in [6, 6.07) is 3.57. The average Bonchev–Trinajstić information content (AvgIpc) is 3.13. The molecule has 138 valence electrons. The Hall–Kier alpha value is -2.48. The molecule has 2 fully saturated rings. The number of hydrogen-bond acceptors (Lipinski definition) is 6. The summed E-state index contributed by atoms with van der Waals surface area (Å²) in [6.45, 7) is 2.61. The molecule has 0 unspecified atom stereocenters. The fourth-order valence-corrected chi connectivity index (χ4v) is 3.73. The highest BCUT2D eigenvalue weighted by atomic mass is 16.5. The van der Waals surface area contributed by atoms with Gasteiger partial charge in [0.15, 0.2) is 0 Å².